The van der Waals surface area contributed by atoms with Crippen molar-refractivity contribution in [3.8, 4) is 0 Å². The zero-order chi connectivity index (χ0) is 25.5. The Hall–Kier alpha value is -4.48. The number of hydrogen-bond donors (Lipinski definition) is 1. The number of rotatable bonds is 3. The summed E-state index contributed by atoms with van der Waals surface area (Å²) >= 11 is 8.20. The van der Waals surface area contributed by atoms with Gasteiger partial charge in [-0.15, -0.1) is 22.7 Å². The number of pyridine rings is 3. The van der Waals surface area contributed by atoms with E-state index < -0.39 is 26.1 Å². The average Bonchev–Trinajstić information content (AvgIpc) is 3.48. The molecule has 0 fully saturated rings. The second-order valence-electron chi connectivity index (χ2n) is 6.09. The maximum Gasteiger partial charge on any atom is 0.313 e. The Morgan fingerprint density at radius 3 is 1.80 bits per heavy atom. The van der Waals surface area contributed by atoms with Crippen LogP contribution in [0.15, 0.2) is 47.8 Å². The van der Waals surface area contributed by atoms with Crippen molar-refractivity contribution >= 4 is 77.7 Å². The Labute approximate surface area is 206 Å². The second kappa shape index (κ2) is 11.1. The second-order valence-corrected chi connectivity index (χ2v) is 8.11. The van der Waals surface area contributed by atoms with E-state index in [-0.39, 0.29) is 10.8 Å². The van der Waals surface area contributed by atoms with E-state index in [4.69, 9.17) is 17.3 Å². The predicted octanol–water partition coefficient (Wildman–Crippen LogP) is 4.42. The Morgan fingerprint density at radius 1 is 0.714 bits per heavy atom. The predicted molar refractivity (Wildman–Crippen MR) is 128 cm³/mol. The third-order valence-electron chi connectivity index (χ3n) is 3.81. The van der Waals surface area contributed by atoms with Crippen LogP contribution in [0.4, 0.5) is 22.7 Å². The van der Waals surface area contributed by atoms with Gasteiger partial charge in [0.1, 0.15) is 33.1 Å². The van der Waals surface area contributed by atoms with Crippen molar-refractivity contribution in [2.75, 3.05) is 5.73 Å². The fourth-order valence-corrected chi connectivity index (χ4v) is 3.67. The molecule has 35 heavy (non-hydrogen) atoms. The molecule has 0 unspecified atom stereocenters. The van der Waals surface area contributed by atoms with Gasteiger partial charge in [-0.1, -0.05) is 11.6 Å². The number of nitro groups is 3. The zero-order valence-electron chi connectivity index (χ0n) is 16.9. The lowest BCUT2D eigenvalue weighted by atomic mass is 10.4. The van der Waals surface area contributed by atoms with Gasteiger partial charge < -0.3 is 5.73 Å². The van der Waals surface area contributed by atoms with Gasteiger partial charge in [0.05, 0.1) is 43.7 Å². The molecule has 18 heteroatoms. The molecular weight excluding hydrogens is 526 g/mol. The van der Waals surface area contributed by atoms with Crippen molar-refractivity contribution in [1.82, 2.24) is 24.9 Å². The highest BCUT2D eigenvalue weighted by Crippen LogP contribution is 2.25. The number of aromatic nitrogens is 5. The summed E-state index contributed by atoms with van der Waals surface area (Å²) in [6, 6.07) is 3.99. The van der Waals surface area contributed by atoms with Crippen LogP contribution in [0.1, 0.15) is 0 Å². The molecule has 0 spiro atoms. The monoisotopic (exact) mass is 535 g/mol. The van der Waals surface area contributed by atoms with Crippen molar-refractivity contribution in [3.63, 3.8) is 0 Å². The van der Waals surface area contributed by atoms with Crippen molar-refractivity contribution in [2.24, 2.45) is 0 Å². The molecule has 0 atom stereocenters. The van der Waals surface area contributed by atoms with E-state index in [1.165, 1.54) is 34.9 Å². The molecular formula is C17H10ClN9O6S2. The normalized spacial score (nSPS) is 10.1. The van der Waals surface area contributed by atoms with Gasteiger partial charge in [-0.25, -0.2) is 24.9 Å². The van der Waals surface area contributed by atoms with Crippen LogP contribution in [0, 0.1) is 30.3 Å². The molecule has 0 radical (unpaired) electrons. The molecule has 0 amide bonds. The number of fused-ring (bicyclic) bond motifs is 2. The van der Waals surface area contributed by atoms with Crippen LogP contribution in [0.25, 0.3) is 20.7 Å². The Bertz CT molecular complexity index is 1540. The number of hydrogen-bond acceptors (Lipinski definition) is 14. The first-order chi connectivity index (χ1) is 16.7. The van der Waals surface area contributed by atoms with Crippen LogP contribution in [-0.2, 0) is 0 Å². The van der Waals surface area contributed by atoms with E-state index in [0.29, 0.717) is 11.2 Å². The molecule has 2 N–H and O–H groups in total. The Balaban J connectivity index is 0.000000148. The first-order valence-corrected chi connectivity index (χ1v) is 11.0. The lowest BCUT2D eigenvalue weighted by Crippen LogP contribution is -1.94. The average molecular weight is 536 g/mol. The minimum Gasteiger partial charge on any atom is -0.397 e. The smallest absolute Gasteiger partial charge is 0.313 e. The fraction of sp³-hybridized carbons (Fsp3) is 0. The molecule has 5 aromatic heterocycles. The maximum atomic E-state index is 10.3. The quantitative estimate of drug-likeness (QED) is 0.192. The van der Waals surface area contributed by atoms with Gasteiger partial charge in [0, 0.05) is 6.07 Å². The van der Waals surface area contributed by atoms with E-state index in [0.717, 1.165) is 27.4 Å². The maximum absolute atomic E-state index is 10.3. The lowest BCUT2D eigenvalue weighted by Gasteiger charge is -1.93. The van der Waals surface area contributed by atoms with Gasteiger partial charge in [0.2, 0.25) is 5.15 Å². The van der Waals surface area contributed by atoms with E-state index >= 15 is 0 Å². The number of nitrogens with zero attached hydrogens (tertiary/aromatic N) is 8. The fourth-order valence-electron chi connectivity index (χ4n) is 2.27. The summed E-state index contributed by atoms with van der Waals surface area (Å²) < 4.78 is 0. The molecule has 0 saturated heterocycles. The molecule has 5 heterocycles. The van der Waals surface area contributed by atoms with E-state index in [9.17, 15) is 30.3 Å². The van der Waals surface area contributed by atoms with Crippen LogP contribution < -0.4 is 5.73 Å². The summed E-state index contributed by atoms with van der Waals surface area (Å²) in [6.07, 6.45) is 3.73. The summed E-state index contributed by atoms with van der Waals surface area (Å²) in [6.45, 7) is 0. The van der Waals surface area contributed by atoms with E-state index in [1.807, 2.05) is 6.07 Å². The van der Waals surface area contributed by atoms with Crippen LogP contribution in [-0.4, -0.2) is 39.7 Å². The van der Waals surface area contributed by atoms with Gasteiger partial charge >= 0.3 is 5.69 Å². The third-order valence-corrected chi connectivity index (χ3v) is 5.60. The van der Waals surface area contributed by atoms with Crippen LogP contribution in [0.3, 0.4) is 0 Å². The number of nitrogen functional groups attached to an aromatic ring is 1. The highest BCUT2D eigenvalue weighted by molar-refractivity contribution is 7.16. The molecule has 0 aliphatic carbocycles. The molecule has 0 aliphatic rings. The van der Waals surface area contributed by atoms with Crippen LogP contribution >= 0.6 is 34.3 Å². The molecule has 178 valence electrons. The molecule has 5 rings (SSSR count). The SMILES string of the molecule is Nc1cnc2scnc2c1.O=[N+]([O-])c1cnc(Cl)c([N+](=O)[O-])c1.O=[N+]([O-])c1cnc2scnc2c1. The minimum atomic E-state index is -0.831. The first kappa shape index (κ1) is 25.1. The van der Waals surface area contributed by atoms with E-state index in [2.05, 4.69) is 24.9 Å². The first-order valence-electron chi connectivity index (χ1n) is 8.88. The summed E-state index contributed by atoms with van der Waals surface area (Å²) in [5.74, 6) is 0. The number of halogens is 1. The summed E-state index contributed by atoms with van der Waals surface area (Å²) in [5, 5.41) is 30.4. The van der Waals surface area contributed by atoms with Crippen LogP contribution in [0.5, 0.6) is 0 Å². The largest absolute Gasteiger partial charge is 0.397 e. The Morgan fingerprint density at radius 2 is 1.23 bits per heavy atom. The highest BCUT2D eigenvalue weighted by Gasteiger charge is 2.19. The molecule has 0 saturated carbocycles. The highest BCUT2D eigenvalue weighted by atomic mass is 35.5. The van der Waals surface area contributed by atoms with Crippen molar-refractivity contribution < 1.29 is 14.8 Å². The van der Waals surface area contributed by atoms with Gasteiger partial charge in [0.25, 0.3) is 11.4 Å². The van der Waals surface area contributed by atoms with E-state index in [1.54, 1.807) is 17.2 Å². The van der Waals surface area contributed by atoms with Crippen LogP contribution in [0.2, 0.25) is 5.15 Å². The zero-order valence-corrected chi connectivity index (χ0v) is 19.3. The van der Waals surface area contributed by atoms with Crippen molar-refractivity contribution in [1.29, 1.82) is 0 Å². The lowest BCUT2D eigenvalue weighted by molar-refractivity contribution is -0.394. The topological polar surface area (TPSA) is 220 Å². The van der Waals surface area contributed by atoms with Gasteiger partial charge in [0.15, 0.2) is 0 Å². The van der Waals surface area contributed by atoms with Crippen molar-refractivity contribution in [3.05, 3.63) is 83.3 Å². The summed E-state index contributed by atoms with van der Waals surface area (Å²) in [4.78, 5) is 49.5. The standard InChI is InChI=1S/C6H3N3O2S.C6H5N3S.C5H2ClN3O4/c10-9(11)4-1-5-6(7-2-4)12-3-8-5;7-4-1-5-6(8-2-4)10-3-9-5;6-5-4(9(12)13)1-3(2-7-5)8(10)11/h1-3H;1-3H,7H2;1-2H. The summed E-state index contributed by atoms with van der Waals surface area (Å²) in [7, 11) is 0. The molecule has 0 aromatic carbocycles. The van der Waals surface area contributed by atoms with Crippen molar-refractivity contribution in [2.45, 2.75) is 0 Å². The minimum absolute atomic E-state index is 0.0200. The summed E-state index contributed by atoms with van der Waals surface area (Å²) in [5.41, 5.74) is 9.93. The number of nitrogens with two attached hydrogens (primary N) is 1. The van der Waals surface area contributed by atoms with Gasteiger partial charge in [-0.3, -0.25) is 30.3 Å². The third kappa shape index (κ3) is 6.53. The molecule has 0 aliphatic heterocycles. The number of anilines is 1. The molecule has 0 bridgehead atoms. The molecule has 5 aromatic rings. The Kier molecular flexibility index (Phi) is 7.97. The van der Waals surface area contributed by atoms with Gasteiger partial charge in [-0.2, -0.15) is 0 Å². The van der Waals surface area contributed by atoms with Gasteiger partial charge in [-0.05, 0) is 6.07 Å². The molecule has 15 nitrogen and oxygen atoms in total. The number of thiazole rings is 2.